The number of nitrogens with zero attached hydrogens (tertiary/aromatic N) is 8. The fraction of sp³-hybridized carbons (Fsp3) is 0.364. The summed E-state index contributed by atoms with van der Waals surface area (Å²) in [4.78, 5) is 21.4. The van der Waals surface area contributed by atoms with Crippen LogP contribution in [0.3, 0.4) is 0 Å². The highest BCUT2D eigenvalue weighted by molar-refractivity contribution is 5.99. The number of carbonyl (C=O) groups is 1. The number of aromatic nitrogens is 5. The Morgan fingerprint density at radius 1 is 1.26 bits per heavy atom. The summed E-state index contributed by atoms with van der Waals surface area (Å²) in [5.74, 6) is -0.147. The molecular formula is C22H23FN10O. The van der Waals surface area contributed by atoms with Crippen molar-refractivity contribution in [1.82, 2.24) is 29.9 Å². The Hall–Kier alpha value is -4.27. The number of nitrogens with two attached hydrogens (primary N) is 1. The molecule has 5 rings (SSSR count). The first-order valence-corrected chi connectivity index (χ1v) is 10.9. The third kappa shape index (κ3) is 3.45. The van der Waals surface area contributed by atoms with Crippen LogP contribution in [0.25, 0.3) is 11.4 Å². The van der Waals surface area contributed by atoms with Crippen molar-refractivity contribution in [1.29, 1.82) is 5.26 Å². The van der Waals surface area contributed by atoms with Gasteiger partial charge in [-0.1, -0.05) is 0 Å². The third-order valence-corrected chi connectivity index (χ3v) is 6.28. The van der Waals surface area contributed by atoms with Crippen LogP contribution in [0.4, 0.5) is 21.7 Å². The molecule has 11 nitrogen and oxygen atoms in total. The van der Waals surface area contributed by atoms with E-state index in [1.54, 1.807) is 20.2 Å². The van der Waals surface area contributed by atoms with Crippen molar-refractivity contribution in [3.63, 3.8) is 0 Å². The number of fused-ring (bicyclic) bond motifs is 8. The maximum Gasteiger partial charge on any atom is 0.274 e. The van der Waals surface area contributed by atoms with Crippen LogP contribution in [0.5, 0.6) is 0 Å². The van der Waals surface area contributed by atoms with Crippen LogP contribution in [0.1, 0.15) is 40.6 Å². The van der Waals surface area contributed by atoms with Crippen molar-refractivity contribution in [2.75, 3.05) is 42.6 Å². The highest BCUT2D eigenvalue weighted by Crippen LogP contribution is 2.41. The summed E-state index contributed by atoms with van der Waals surface area (Å²) in [6.07, 6.45) is 1.62. The molecule has 0 unspecified atom stereocenters. The van der Waals surface area contributed by atoms with E-state index < -0.39 is 0 Å². The van der Waals surface area contributed by atoms with E-state index in [0.29, 0.717) is 25.5 Å². The number of hydrogen-bond acceptors (Lipinski definition) is 9. The minimum absolute atomic E-state index is 0.0663. The van der Waals surface area contributed by atoms with E-state index >= 15 is 0 Å². The van der Waals surface area contributed by atoms with Crippen molar-refractivity contribution in [2.24, 2.45) is 7.05 Å². The van der Waals surface area contributed by atoms with Gasteiger partial charge in [-0.3, -0.25) is 9.48 Å². The van der Waals surface area contributed by atoms with Crippen molar-refractivity contribution in [3.8, 4) is 17.5 Å². The molecule has 2 aliphatic heterocycles. The van der Waals surface area contributed by atoms with Gasteiger partial charge in [0, 0.05) is 45.0 Å². The number of nitrogen functional groups attached to an aromatic ring is 1. The van der Waals surface area contributed by atoms with Crippen LogP contribution >= 0.6 is 0 Å². The van der Waals surface area contributed by atoms with Gasteiger partial charge in [0.25, 0.3) is 5.91 Å². The van der Waals surface area contributed by atoms with Crippen molar-refractivity contribution in [2.45, 2.75) is 18.9 Å². The quantitative estimate of drug-likeness (QED) is 0.510. The highest BCUT2D eigenvalue weighted by Gasteiger charge is 2.33. The molecule has 12 heteroatoms. The van der Waals surface area contributed by atoms with E-state index in [1.807, 2.05) is 4.90 Å². The van der Waals surface area contributed by atoms with Gasteiger partial charge in [-0.2, -0.15) is 10.4 Å². The molecule has 1 atom stereocenters. The lowest BCUT2D eigenvalue weighted by molar-refractivity contribution is 0.0794. The van der Waals surface area contributed by atoms with Crippen molar-refractivity contribution in [3.05, 3.63) is 41.0 Å². The van der Waals surface area contributed by atoms with Crippen LogP contribution < -0.4 is 16.0 Å². The van der Waals surface area contributed by atoms with Crippen LogP contribution in [0.15, 0.2) is 18.2 Å². The number of nitrogens with one attached hydrogen (secondary N) is 1. The number of aryl methyl sites for hydroxylation is 1. The third-order valence-electron chi connectivity index (χ3n) is 6.28. The molecule has 2 aromatic heterocycles. The van der Waals surface area contributed by atoms with Gasteiger partial charge in [-0.15, -0.1) is 10.2 Å². The first-order valence-electron chi connectivity index (χ1n) is 10.9. The van der Waals surface area contributed by atoms with E-state index in [-0.39, 0.29) is 46.4 Å². The molecule has 1 aromatic carbocycles. The smallest absolute Gasteiger partial charge is 0.274 e. The molecule has 3 N–H and O–H groups in total. The number of carbonyl (C=O) groups excluding carboxylic acids is 1. The molecule has 34 heavy (non-hydrogen) atoms. The Kier molecular flexibility index (Phi) is 5.24. The average molecular weight is 462 g/mol. The number of likely N-dealkylation sites (N-methyl/N-ethyl adjacent to an activating group) is 1. The molecule has 0 radical (unpaired) electrons. The molecule has 2 bridgehead atoms. The van der Waals surface area contributed by atoms with Gasteiger partial charge in [-0.25, -0.2) is 9.37 Å². The Bertz CT molecular complexity index is 1330. The zero-order valence-corrected chi connectivity index (χ0v) is 18.8. The summed E-state index contributed by atoms with van der Waals surface area (Å²) in [5, 5.41) is 25.6. The normalized spacial score (nSPS) is 17.8. The lowest BCUT2D eigenvalue weighted by Crippen LogP contribution is -2.33. The second-order valence-corrected chi connectivity index (χ2v) is 8.39. The first-order chi connectivity index (χ1) is 16.4. The molecule has 1 fully saturated rings. The molecule has 2 aliphatic rings. The predicted molar refractivity (Wildman–Crippen MR) is 122 cm³/mol. The largest absolute Gasteiger partial charge is 0.383 e. The number of anilines is 3. The van der Waals surface area contributed by atoms with Crippen molar-refractivity contribution < 1.29 is 9.18 Å². The van der Waals surface area contributed by atoms with Gasteiger partial charge < -0.3 is 20.9 Å². The van der Waals surface area contributed by atoms with Gasteiger partial charge in [-0.05, 0) is 31.0 Å². The van der Waals surface area contributed by atoms with Gasteiger partial charge in [0.2, 0.25) is 0 Å². The second kappa shape index (κ2) is 8.26. The minimum atomic E-state index is -0.383. The zero-order valence-electron chi connectivity index (χ0n) is 18.8. The van der Waals surface area contributed by atoms with E-state index in [2.05, 4.69) is 31.7 Å². The number of nitriles is 1. The summed E-state index contributed by atoms with van der Waals surface area (Å²) < 4.78 is 15.6. The van der Waals surface area contributed by atoms with Crippen LogP contribution in [0.2, 0.25) is 0 Å². The lowest BCUT2D eigenvalue weighted by atomic mass is 10.0. The average Bonchev–Trinajstić information content (AvgIpc) is 3.43. The minimum Gasteiger partial charge on any atom is -0.383 e. The molecule has 0 spiro atoms. The van der Waals surface area contributed by atoms with Crippen molar-refractivity contribution >= 4 is 23.2 Å². The SMILES string of the molecule is CN1CCNc2ccc(F)cc2[C@H]2CCCN2c2nc(nnc2N)-c2c(nn(C)c2C#N)C1=O. The second-order valence-electron chi connectivity index (χ2n) is 8.39. The predicted octanol–water partition coefficient (Wildman–Crippen LogP) is 1.70. The molecule has 0 saturated carbocycles. The van der Waals surface area contributed by atoms with E-state index in [4.69, 9.17) is 5.73 Å². The number of amides is 1. The Labute approximate surface area is 195 Å². The summed E-state index contributed by atoms with van der Waals surface area (Å²) in [7, 11) is 3.24. The number of benzene rings is 1. The first kappa shape index (κ1) is 21.6. The van der Waals surface area contributed by atoms with Gasteiger partial charge in [0.05, 0.1) is 11.6 Å². The zero-order chi connectivity index (χ0) is 24.0. The van der Waals surface area contributed by atoms with Crippen LogP contribution in [0, 0.1) is 17.1 Å². The molecule has 3 aromatic rings. The van der Waals surface area contributed by atoms with Gasteiger partial charge >= 0.3 is 0 Å². The van der Waals surface area contributed by atoms with Crippen LogP contribution in [-0.4, -0.2) is 62.5 Å². The number of hydrogen-bond donors (Lipinski definition) is 2. The summed E-state index contributed by atoms with van der Waals surface area (Å²) >= 11 is 0. The van der Waals surface area contributed by atoms with E-state index in [9.17, 15) is 14.4 Å². The topological polar surface area (TPSA) is 142 Å². The highest BCUT2D eigenvalue weighted by atomic mass is 19.1. The molecule has 4 heterocycles. The van der Waals surface area contributed by atoms with E-state index in [0.717, 1.165) is 24.1 Å². The summed E-state index contributed by atoms with van der Waals surface area (Å²) in [6.45, 7) is 1.43. The number of halogens is 1. The van der Waals surface area contributed by atoms with Gasteiger partial charge in [0.15, 0.2) is 23.2 Å². The fourth-order valence-electron chi connectivity index (χ4n) is 4.61. The molecule has 0 aliphatic carbocycles. The molecule has 1 amide bonds. The maximum atomic E-state index is 14.3. The molecule has 174 valence electrons. The summed E-state index contributed by atoms with van der Waals surface area (Å²) in [6, 6.07) is 6.53. The number of rotatable bonds is 0. The monoisotopic (exact) mass is 462 g/mol. The van der Waals surface area contributed by atoms with Gasteiger partial charge in [0.1, 0.15) is 17.6 Å². The fourth-order valence-corrected chi connectivity index (χ4v) is 4.61. The molecular weight excluding hydrogens is 439 g/mol. The maximum absolute atomic E-state index is 14.3. The Morgan fingerprint density at radius 2 is 2.09 bits per heavy atom. The Balaban J connectivity index is 1.74. The Morgan fingerprint density at radius 3 is 2.88 bits per heavy atom. The molecule has 1 saturated heterocycles. The summed E-state index contributed by atoms with van der Waals surface area (Å²) in [5.41, 5.74) is 8.17. The standard InChI is InChI=1S/C22H23FN10O/c1-31-9-7-26-14-6-5-12(23)10-13(14)15-4-3-8-33(15)21-19(25)28-29-20(27-21)17-16(11-24)32(2)30-18(17)22(31)34/h5-6,10,15,26H,3-4,7-9H2,1-2H3,(H2,25,28)/t15-/m1/s1. The lowest BCUT2D eigenvalue weighted by Gasteiger charge is -2.29. The van der Waals surface area contributed by atoms with E-state index in [1.165, 1.54) is 21.7 Å². The van der Waals surface area contributed by atoms with Crippen LogP contribution in [-0.2, 0) is 7.05 Å².